The molecule has 1 amide bonds. The minimum absolute atomic E-state index is 0.196. The van der Waals surface area contributed by atoms with Gasteiger partial charge in [-0.1, -0.05) is 13.8 Å². The summed E-state index contributed by atoms with van der Waals surface area (Å²) in [6.07, 6.45) is 0. The number of rotatable bonds is 1. The van der Waals surface area contributed by atoms with Gasteiger partial charge in [0.15, 0.2) is 0 Å². The third-order valence-electron chi connectivity index (χ3n) is 2.46. The predicted octanol–water partition coefficient (Wildman–Crippen LogP) is 0.463. The number of nitrogens with one attached hydrogen (secondary N) is 1. The Kier molecular flexibility index (Phi) is 3.09. The summed E-state index contributed by atoms with van der Waals surface area (Å²) >= 11 is 0. The molecule has 0 spiro atoms. The van der Waals surface area contributed by atoms with Gasteiger partial charge in [0, 0.05) is 32.6 Å². The van der Waals surface area contributed by atoms with E-state index < -0.39 is 0 Å². The first-order valence-electron chi connectivity index (χ1n) is 4.60. The van der Waals surface area contributed by atoms with Crippen LogP contribution in [0.2, 0.25) is 0 Å². The summed E-state index contributed by atoms with van der Waals surface area (Å²) in [6.45, 7) is 8.67. The molecule has 0 aliphatic carbocycles. The molecule has 70 valence electrons. The summed E-state index contributed by atoms with van der Waals surface area (Å²) < 4.78 is 0. The van der Waals surface area contributed by atoms with E-state index in [0.717, 1.165) is 19.6 Å². The first kappa shape index (κ1) is 9.52. The Labute approximate surface area is 74.1 Å². The molecule has 0 radical (unpaired) electrons. The molecule has 1 aliphatic rings. The molecule has 3 heteroatoms. The summed E-state index contributed by atoms with van der Waals surface area (Å²) in [5, 5.41) is 3.41. The molecular formula is C9H18N2O. The van der Waals surface area contributed by atoms with Crippen LogP contribution >= 0.6 is 0 Å². The summed E-state index contributed by atoms with van der Waals surface area (Å²) in [4.78, 5) is 13.0. The van der Waals surface area contributed by atoms with Crippen molar-refractivity contribution in [3.05, 3.63) is 0 Å². The van der Waals surface area contributed by atoms with Gasteiger partial charge in [-0.3, -0.25) is 4.79 Å². The first-order valence-corrected chi connectivity index (χ1v) is 4.60. The second-order valence-electron chi connectivity index (χ2n) is 3.77. The van der Waals surface area contributed by atoms with Gasteiger partial charge >= 0.3 is 0 Å². The minimum Gasteiger partial charge on any atom is -0.340 e. The molecule has 1 atom stereocenters. The Morgan fingerprint density at radius 3 is 2.75 bits per heavy atom. The van der Waals surface area contributed by atoms with E-state index in [0.29, 0.717) is 12.0 Å². The lowest BCUT2D eigenvalue weighted by molar-refractivity contribution is -0.130. The fraction of sp³-hybridized carbons (Fsp3) is 0.889. The van der Waals surface area contributed by atoms with Crippen molar-refractivity contribution >= 4 is 5.91 Å². The Bertz CT molecular complexity index is 168. The predicted molar refractivity (Wildman–Crippen MR) is 48.9 cm³/mol. The van der Waals surface area contributed by atoms with E-state index in [1.54, 1.807) is 6.92 Å². The highest BCUT2D eigenvalue weighted by Crippen LogP contribution is 2.07. The lowest BCUT2D eigenvalue weighted by atomic mass is 10.0. The average Bonchev–Trinajstić information content (AvgIpc) is 2.04. The van der Waals surface area contributed by atoms with Gasteiger partial charge < -0.3 is 10.2 Å². The van der Waals surface area contributed by atoms with Crippen LogP contribution in [0.15, 0.2) is 0 Å². The van der Waals surface area contributed by atoms with E-state index in [1.807, 2.05) is 4.90 Å². The number of carbonyl (C=O) groups is 1. The maximum Gasteiger partial charge on any atom is 0.219 e. The molecule has 0 saturated carbocycles. The number of hydrogen-bond donors (Lipinski definition) is 1. The molecular weight excluding hydrogens is 152 g/mol. The van der Waals surface area contributed by atoms with Crippen LogP contribution in [0.25, 0.3) is 0 Å². The summed E-state index contributed by atoms with van der Waals surface area (Å²) in [7, 11) is 0. The Morgan fingerprint density at radius 2 is 2.25 bits per heavy atom. The van der Waals surface area contributed by atoms with Gasteiger partial charge in [0.1, 0.15) is 0 Å². The number of hydrogen-bond acceptors (Lipinski definition) is 2. The Hall–Kier alpha value is -0.570. The number of piperazine rings is 1. The van der Waals surface area contributed by atoms with Gasteiger partial charge in [0.25, 0.3) is 0 Å². The summed E-state index contributed by atoms with van der Waals surface area (Å²) in [5.74, 6) is 0.800. The van der Waals surface area contributed by atoms with E-state index in [-0.39, 0.29) is 5.91 Å². The lowest BCUT2D eigenvalue weighted by Gasteiger charge is -2.35. The van der Waals surface area contributed by atoms with Gasteiger partial charge in [-0.15, -0.1) is 0 Å². The zero-order chi connectivity index (χ0) is 9.14. The van der Waals surface area contributed by atoms with Crippen molar-refractivity contribution < 1.29 is 4.79 Å². The second-order valence-corrected chi connectivity index (χ2v) is 3.77. The van der Waals surface area contributed by atoms with Crippen LogP contribution in [0.3, 0.4) is 0 Å². The monoisotopic (exact) mass is 170 g/mol. The highest BCUT2D eigenvalue weighted by atomic mass is 16.2. The number of amides is 1. The third-order valence-corrected chi connectivity index (χ3v) is 2.46. The first-order chi connectivity index (χ1) is 5.61. The average molecular weight is 170 g/mol. The fourth-order valence-electron chi connectivity index (χ4n) is 1.51. The van der Waals surface area contributed by atoms with Gasteiger partial charge in [-0.25, -0.2) is 0 Å². The van der Waals surface area contributed by atoms with Crippen LogP contribution in [-0.2, 0) is 4.79 Å². The van der Waals surface area contributed by atoms with Gasteiger partial charge in [0.05, 0.1) is 0 Å². The van der Waals surface area contributed by atoms with Crippen LogP contribution < -0.4 is 5.32 Å². The number of nitrogens with zero attached hydrogens (tertiary/aromatic N) is 1. The van der Waals surface area contributed by atoms with E-state index in [1.165, 1.54) is 0 Å². The molecule has 1 N–H and O–H groups in total. The van der Waals surface area contributed by atoms with Crippen molar-refractivity contribution in [3.8, 4) is 0 Å². The Morgan fingerprint density at radius 1 is 1.58 bits per heavy atom. The second kappa shape index (κ2) is 3.90. The molecule has 0 aromatic carbocycles. The van der Waals surface area contributed by atoms with Crippen LogP contribution in [0.1, 0.15) is 20.8 Å². The van der Waals surface area contributed by atoms with Crippen molar-refractivity contribution in [3.63, 3.8) is 0 Å². The molecule has 0 unspecified atom stereocenters. The Balaban J connectivity index is 2.46. The molecule has 1 heterocycles. The molecule has 1 saturated heterocycles. The topological polar surface area (TPSA) is 32.3 Å². The fourth-order valence-corrected chi connectivity index (χ4v) is 1.51. The SMILES string of the molecule is CC(=O)N1CCN[C@@H](C(C)C)C1. The van der Waals surface area contributed by atoms with Crippen LogP contribution in [0.5, 0.6) is 0 Å². The van der Waals surface area contributed by atoms with Crippen molar-refractivity contribution in [2.24, 2.45) is 5.92 Å². The zero-order valence-electron chi connectivity index (χ0n) is 8.13. The molecule has 1 fully saturated rings. The van der Waals surface area contributed by atoms with E-state index >= 15 is 0 Å². The summed E-state index contributed by atoms with van der Waals surface area (Å²) in [6, 6.07) is 0.475. The minimum atomic E-state index is 0.196. The van der Waals surface area contributed by atoms with E-state index in [9.17, 15) is 4.79 Å². The number of carbonyl (C=O) groups excluding carboxylic acids is 1. The van der Waals surface area contributed by atoms with Crippen molar-refractivity contribution in [1.82, 2.24) is 10.2 Å². The highest BCUT2D eigenvalue weighted by molar-refractivity contribution is 5.73. The molecule has 12 heavy (non-hydrogen) atoms. The standard InChI is InChI=1S/C9H18N2O/c1-7(2)9-6-11(8(3)12)5-4-10-9/h7,9-10H,4-6H2,1-3H3/t9-/m1/s1. The van der Waals surface area contributed by atoms with Crippen LogP contribution in [0.4, 0.5) is 0 Å². The van der Waals surface area contributed by atoms with Gasteiger partial charge in [0.2, 0.25) is 5.91 Å². The summed E-state index contributed by atoms with van der Waals surface area (Å²) in [5.41, 5.74) is 0. The molecule has 1 rings (SSSR count). The van der Waals surface area contributed by atoms with Crippen molar-refractivity contribution in [2.45, 2.75) is 26.8 Å². The molecule has 1 aliphatic heterocycles. The third kappa shape index (κ3) is 2.21. The zero-order valence-corrected chi connectivity index (χ0v) is 8.13. The van der Waals surface area contributed by atoms with Crippen LogP contribution in [-0.4, -0.2) is 36.5 Å². The lowest BCUT2D eigenvalue weighted by Crippen LogP contribution is -2.54. The molecule has 0 aromatic heterocycles. The quantitative estimate of drug-likeness (QED) is 0.620. The van der Waals surface area contributed by atoms with Crippen LogP contribution in [0, 0.1) is 5.92 Å². The normalized spacial score (nSPS) is 24.7. The smallest absolute Gasteiger partial charge is 0.219 e. The highest BCUT2D eigenvalue weighted by Gasteiger charge is 2.22. The van der Waals surface area contributed by atoms with Gasteiger partial charge in [-0.2, -0.15) is 0 Å². The maximum atomic E-state index is 11.1. The van der Waals surface area contributed by atoms with E-state index in [4.69, 9.17) is 0 Å². The van der Waals surface area contributed by atoms with Crippen molar-refractivity contribution in [2.75, 3.05) is 19.6 Å². The van der Waals surface area contributed by atoms with Crippen molar-refractivity contribution in [1.29, 1.82) is 0 Å². The molecule has 0 bridgehead atoms. The maximum absolute atomic E-state index is 11.1. The molecule has 0 aromatic rings. The molecule has 3 nitrogen and oxygen atoms in total. The largest absolute Gasteiger partial charge is 0.340 e. The van der Waals surface area contributed by atoms with E-state index in [2.05, 4.69) is 19.2 Å². The van der Waals surface area contributed by atoms with Gasteiger partial charge in [-0.05, 0) is 5.92 Å².